The third-order valence-corrected chi connectivity index (χ3v) is 3.99. The van der Waals surface area contributed by atoms with Crippen LogP contribution in [0.1, 0.15) is 27.7 Å². The monoisotopic (exact) mass is 302 g/mol. The second-order valence-corrected chi connectivity index (χ2v) is 5.93. The minimum absolute atomic E-state index is 0.228. The summed E-state index contributed by atoms with van der Waals surface area (Å²) in [5, 5.41) is 7.36. The van der Waals surface area contributed by atoms with Crippen molar-refractivity contribution >= 4 is 28.8 Å². The lowest BCUT2D eigenvalue weighted by Crippen LogP contribution is -2.41. The standard InChI is InChI=1S/C16H18N2O2S/c1-10-6-7-13(11(2)9-10)18-15(19)12(3)17-16(20)14-5-4-8-21-14/h4-9,12H,1-3H3,(H,17,20)(H,18,19)/t12-/m1/s1. The molecule has 21 heavy (non-hydrogen) atoms. The molecule has 4 nitrogen and oxygen atoms in total. The number of nitrogens with one attached hydrogen (secondary N) is 2. The van der Waals surface area contributed by atoms with E-state index in [4.69, 9.17) is 0 Å². The van der Waals surface area contributed by atoms with Crippen LogP contribution in [0.25, 0.3) is 0 Å². The second-order valence-electron chi connectivity index (χ2n) is 4.98. The molecule has 2 amide bonds. The van der Waals surface area contributed by atoms with E-state index in [1.165, 1.54) is 11.3 Å². The van der Waals surface area contributed by atoms with E-state index in [9.17, 15) is 9.59 Å². The van der Waals surface area contributed by atoms with E-state index in [0.29, 0.717) is 4.88 Å². The van der Waals surface area contributed by atoms with E-state index >= 15 is 0 Å². The number of thiophene rings is 1. The van der Waals surface area contributed by atoms with E-state index in [1.54, 1.807) is 19.1 Å². The molecule has 0 unspecified atom stereocenters. The van der Waals surface area contributed by atoms with Crippen molar-refractivity contribution in [3.63, 3.8) is 0 Å². The predicted molar refractivity (Wildman–Crippen MR) is 85.8 cm³/mol. The number of aryl methyl sites for hydroxylation is 2. The molecule has 0 radical (unpaired) electrons. The highest BCUT2D eigenvalue weighted by Gasteiger charge is 2.17. The maximum Gasteiger partial charge on any atom is 0.261 e. The first kappa shape index (κ1) is 15.3. The van der Waals surface area contributed by atoms with Crippen LogP contribution in [0.3, 0.4) is 0 Å². The molecule has 0 saturated carbocycles. The first-order valence-electron chi connectivity index (χ1n) is 6.70. The summed E-state index contributed by atoms with van der Waals surface area (Å²) in [5.74, 6) is -0.458. The van der Waals surface area contributed by atoms with Gasteiger partial charge in [-0.3, -0.25) is 9.59 Å². The Bertz CT molecular complexity index is 650. The number of hydrogen-bond acceptors (Lipinski definition) is 3. The molecule has 0 aliphatic rings. The largest absolute Gasteiger partial charge is 0.340 e. The predicted octanol–water partition coefficient (Wildman–Crippen LogP) is 3.12. The van der Waals surface area contributed by atoms with Gasteiger partial charge in [0.2, 0.25) is 5.91 Å². The molecule has 0 spiro atoms. The molecule has 2 N–H and O–H groups in total. The summed E-state index contributed by atoms with van der Waals surface area (Å²) in [6, 6.07) is 8.76. The molecule has 0 fully saturated rings. The molecule has 110 valence electrons. The first-order valence-corrected chi connectivity index (χ1v) is 7.58. The number of hydrogen-bond donors (Lipinski definition) is 2. The van der Waals surface area contributed by atoms with Crippen molar-refractivity contribution in [1.29, 1.82) is 0 Å². The molecule has 2 rings (SSSR count). The first-order chi connectivity index (χ1) is 9.97. The van der Waals surface area contributed by atoms with E-state index in [0.717, 1.165) is 16.8 Å². The van der Waals surface area contributed by atoms with E-state index in [2.05, 4.69) is 10.6 Å². The van der Waals surface area contributed by atoms with E-state index < -0.39 is 6.04 Å². The van der Waals surface area contributed by atoms with Crippen molar-refractivity contribution in [2.45, 2.75) is 26.8 Å². The second kappa shape index (κ2) is 6.54. The molecule has 0 bridgehead atoms. The summed E-state index contributed by atoms with van der Waals surface area (Å²) in [6.07, 6.45) is 0. The molecule has 0 saturated heterocycles. The van der Waals surface area contributed by atoms with Crippen LogP contribution in [-0.4, -0.2) is 17.9 Å². The minimum atomic E-state index is -0.597. The molecule has 1 heterocycles. The Morgan fingerprint density at radius 1 is 1.19 bits per heavy atom. The Morgan fingerprint density at radius 2 is 1.95 bits per heavy atom. The van der Waals surface area contributed by atoms with Gasteiger partial charge in [0.15, 0.2) is 0 Å². The Morgan fingerprint density at radius 3 is 2.57 bits per heavy atom. The van der Waals surface area contributed by atoms with Crippen LogP contribution < -0.4 is 10.6 Å². The fraction of sp³-hybridized carbons (Fsp3) is 0.250. The zero-order chi connectivity index (χ0) is 15.4. The lowest BCUT2D eigenvalue weighted by Gasteiger charge is -2.15. The molecule has 1 aromatic carbocycles. The highest BCUT2D eigenvalue weighted by Crippen LogP contribution is 2.16. The van der Waals surface area contributed by atoms with Gasteiger partial charge in [0, 0.05) is 5.69 Å². The van der Waals surface area contributed by atoms with Gasteiger partial charge in [0.1, 0.15) is 6.04 Å². The zero-order valence-corrected chi connectivity index (χ0v) is 13.1. The lowest BCUT2D eigenvalue weighted by molar-refractivity contribution is -0.117. The fourth-order valence-electron chi connectivity index (χ4n) is 1.94. The summed E-state index contributed by atoms with van der Waals surface area (Å²) in [7, 11) is 0. The van der Waals surface area contributed by atoms with Gasteiger partial charge in [0.05, 0.1) is 4.88 Å². The molecular formula is C16H18N2O2S. The van der Waals surface area contributed by atoms with Crippen molar-refractivity contribution in [2.24, 2.45) is 0 Å². The van der Waals surface area contributed by atoms with Gasteiger partial charge in [-0.2, -0.15) is 0 Å². The highest BCUT2D eigenvalue weighted by atomic mass is 32.1. The summed E-state index contributed by atoms with van der Waals surface area (Å²) >= 11 is 1.35. The van der Waals surface area contributed by atoms with Gasteiger partial charge in [-0.05, 0) is 43.8 Å². The lowest BCUT2D eigenvalue weighted by atomic mass is 10.1. The molecule has 1 atom stereocenters. The van der Waals surface area contributed by atoms with Crippen LogP contribution in [-0.2, 0) is 4.79 Å². The van der Waals surface area contributed by atoms with Crippen LogP contribution >= 0.6 is 11.3 Å². The van der Waals surface area contributed by atoms with Crippen LogP contribution in [0.15, 0.2) is 35.7 Å². The van der Waals surface area contributed by atoms with Gasteiger partial charge in [-0.15, -0.1) is 11.3 Å². The SMILES string of the molecule is Cc1ccc(NC(=O)[C@@H](C)NC(=O)c2cccs2)c(C)c1. The number of benzene rings is 1. The average Bonchev–Trinajstić information content (AvgIpc) is 2.95. The highest BCUT2D eigenvalue weighted by molar-refractivity contribution is 7.12. The number of rotatable bonds is 4. The summed E-state index contributed by atoms with van der Waals surface area (Å²) in [5.41, 5.74) is 2.91. The van der Waals surface area contributed by atoms with Gasteiger partial charge >= 0.3 is 0 Å². The van der Waals surface area contributed by atoms with Crippen molar-refractivity contribution in [2.75, 3.05) is 5.32 Å². The number of amides is 2. The topological polar surface area (TPSA) is 58.2 Å². The van der Waals surface area contributed by atoms with Crippen LogP contribution in [0.5, 0.6) is 0 Å². The summed E-state index contributed by atoms with van der Waals surface area (Å²) < 4.78 is 0. The van der Waals surface area contributed by atoms with Gasteiger partial charge in [0.25, 0.3) is 5.91 Å². The minimum Gasteiger partial charge on any atom is -0.340 e. The zero-order valence-electron chi connectivity index (χ0n) is 12.3. The number of carbonyl (C=O) groups excluding carboxylic acids is 2. The Hall–Kier alpha value is -2.14. The van der Waals surface area contributed by atoms with Crippen molar-refractivity contribution in [3.8, 4) is 0 Å². The van der Waals surface area contributed by atoms with Crippen molar-refractivity contribution in [3.05, 3.63) is 51.7 Å². The third-order valence-electron chi connectivity index (χ3n) is 3.13. The van der Waals surface area contributed by atoms with Gasteiger partial charge in [-0.1, -0.05) is 23.8 Å². The van der Waals surface area contributed by atoms with Crippen LogP contribution in [0, 0.1) is 13.8 Å². The smallest absolute Gasteiger partial charge is 0.261 e. The summed E-state index contributed by atoms with van der Waals surface area (Å²) in [4.78, 5) is 24.6. The molecule has 5 heteroatoms. The molecule has 0 aliphatic carbocycles. The van der Waals surface area contributed by atoms with Crippen molar-refractivity contribution < 1.29 is 9.59 Å². The Kier molecular flexibility index (Phi) is 4.75. The molecule has 1 aromatic heterocycles. The summed E-state index contributed by atoms with van der Waals surface area (Å²) in [6.45, 7) is 5.62. The van der Waals surface area contributed by atoms with Gasteiger partial charge < -0.3 is 10.6 Å². The molecule has 0 aliphatic heterocycles. The van der Waals surface area contributed by atoms with Crippen LogP contribution in [0.4, 0.5) is 5.69 Å². The van der Waals surface area contributed by atoms with E-state index in [-0.39, 0.29) is 11.8 Å². The number of carbonyl (C=O) groups is 2. The Labute approximate surface area is 128 Å². The van der Waals surface area contributed by atoms with Gasteiger partial charge in [-0.25, -0.2) is 0 Å². The third kappa shape index (κ3) is 3.92. The average molecular weight is 302 g/mol. The van der Waals surface area contributed by atoms with E-state index in [1.807, 2.05) is 37.4 Å². The molecule has 2 aromatic rings. The maximum absolute atomic E-state index is 12.1. The maximum atomic E-state index is 12.1. The Balaban J connectivity index is 1.98. The number of anilines is 1. The normalized spacial score (nSPS) is 11.8. The molecular weight excluding hydrogens is 284 g/mol. The quantitative estimate of drug-likeness (QED) is 0.911. The van der Waals surface area contributed by atoms with Crippen molar-refractivity contribution in [1.82, 2.24) is 5.32 Å². The fourth-order valence-corrected chi connectivity index (χ4v) is 2.56. The van der Waals surface area contributed by atoms with Crippen LogP contribution in [0.2, 0.25) is 0 Å².